The Hall–Kier alpha value is -1.90. The van der Waals surface area contributed by atoms with Gasteiger partial charge in [0.15, 0.2) is 15.9 Å². The van der Waals surface area contributed by atoms with Crippen molar-refractivity contribution < 1.29 is 4.42 Å². The summed E-state index contributed by atoms with van der Waals surface area (Å²) >= 11 is 4.49. The summed E-state index contributed by atoms with van der Waals surface area (Å²) in [7, 11) is 1.76. The van der Waals surface area contributed by atoms with Crippen molar-refractivity contribution in [3.8, 4) is 10.8 Å². The van der Waals surface area contributed by atoms with Crippen LogP contribution in [0.4, 0.5) is 0 Å². The molecule has 116 valence electrons. The lowest BCUT2D eigenvalue weighted by molar-refractivity contribution is 0.581. The number of furan rings is 1. The summed E-state index contributed by atoms with van der Waals surface area (Å²) in [5.74, 6) is 1.43. The van der Waals surface area contributed by atoms with Gasteiger partial charge in [0, 0.05) is 18.2 Å². The van der Waals surface area contributed by atoms with E-state index in [1.54, 1.807) is 29.2 Å². The van der Waals surface area contributed by atoms with Gasteiger partial charge in [0.25, 0.3) is 5.56 Å². The van der Waals surface area contributed by atoms with Gasteiger partial charge in [-0.3, -0.25) is 9.36 Å². The Kier molecular flexibility index (Phi) is 3.80. The summed E-state index contributed by atoms with van der Waals surface area (Å²) in [4.78, 5) is 21.4. The van der Waals surface area contributed by atoms with Crippen molar-refractivity contribution in [2.24, 2.45) is 7.05 Å². The molecule has 0 fully saturated rings. The fourth-order valence-corrected chi connectivity index (χ4v) is 4.68. The molecule has 0 atom stereocenters. The van der Waals surface area contributed by atoms with Crippen LogP contribution in [0.1, 0.15) is 5.69 Å². The number of hydrogen-bond acceptors (Lipinski definition) is 7. The van der Waals surface area contributed by atoms with Crippen LogP contribution in [0.25, 0.3) is 21.0 Å². The van der Waals surface area contributed by atoms with Crippen LogP contribution in [0.3, 0.4) is 0 Å². The molecule has 0 radical (unpaired) electrons. The van der Waals surface area contributed by atoms with E-state index in [0.717, 1.165) is 22.0 Å². The third-order valence-corrected chi connectivity index (χ3v) is 6.14. The van der Waals surface area contributed by atoms with E-state index in [4.69, 9.17) is 4.42 Å². The SMILES string of the molecule is Cn1c(SCc2csc(-c3ccco3)n2)nc2ccsc2c1=O. The molecule has 0 aromatic carbocycles. The summed E-state index contributed by atoms with van der Waals surface area (Å²) in [5, 5.41) is 5.46. The predicted molar refractivity (Wildman–Crippen MR) is 94.2 cm³/mol. The molecule has 5 nitrogen and oxygen atoms in total. The Balaban J connectivity index is 1.57. The number of aromatic nitrogens is 3. The first kappa shape index (κ1) is 14.7. The Labute approximate surface area is 143 Å². The average molecular weight is 361 g/mol. The van der Waals surface area contributed by atoms with Gasteiger partial charge in [-0.1, -0.05) is 11.8 Å². The van der Waals surface area contributed by atoms with Gasteiger partial charge in [0.1, 0.15) is 4.70 Å². The van der Waals surface area contributed by atoms with Crippen LogP contribution in [0.15, 0.2) is 49.6 Å². The van der Waals surface area contributed by atoms with Gasteiger partial charge in [0.05, 0.1) is 17.5 Å². The van der Waals surface area contributed by atoms with Gasteiger partial charge in [-0.25, -0.2) is 9.97 Å². The average Bonchev–Trinajstić information content (AvgIpc) is 3.29. The van der Waals surface area contributed by atoms with Gasteiger partial charge >= 0.3 is 0 Å². The highest BCUT2D eigenvalue weighted by atomic mass is 32.2. The molecule has 4 aromatic rings. The van der Waals surface area contributed by atoms with Crippen molar-refractivity contribution in [2.45, 2.75) is 10.9 Å². The maximum atomic E-state index is 12.3. The van der Waals surface area contributed by atoms with Crippen LogP contribution < -0.4 is 5.56 Å². The Morgan fingerprint density at radius 1 is 1.30 bits per heavy atom. The lowest BCUT2D eigenvalue weighted by Gasteiger charge is -2.05. The number of fused-ring (bicyclic) bond motifs is 1. The molecule has 0 amide bonds. The maximum Gasteiger partial charge on any atom is 0.271 e. The fourth-order valence-electron chi connectivity index (χ4n) is 2.12. The minimum Gasteiger partial charge on any atom is -0.462 e. The van der Waals surface area contributed by atoms with Crippen molar-refractivity contribution in [2.75, 3.05) is 0 Å². The quantitative estimate of drug-likeness (QED) is 0.406. The molecule has 4 rings (SSSR count). The van der Waals surface area contributed by atoms with Crippen LogP contribution in [0, 0.1) is 0 Å². The zero-order chi connectivity index (χ0) is 15.8. The summed E-state index contributed by atoms with van der Waals surface area (Å²) in [6.45, 7) is 0. The number of thiophene rings is 1. The van der Waals surface area contributed by atoms with Crippen molar-refractivity contribution in [3.05, 3.63) is 51.3 Å². The molecule has 8 heteroatoms. The van der Waals surface area contributed by atoms with Gasteiger partial charge < -0.3 is 4.42 Å². The summed E-state index contributed by atoms with van der Waals surface area (Å²) in [6.07, 6.45) is 1.64. The Bertz CT molecular complexity index is 1010. The molecule has 0 aliphatic carbocycles. The molecule has 4 aromatic heterocycles. The van der Waals surface area contributed by atoms with E-state index >= 15 is 0 Å². The molecular formula is C15H11N3O2S3. The van der Waals surface area contributed by atoms with Crippen molar-refractivity contribution >= 4 is 44.7 Å². The largest absolute Gasteiger partial charge is 0.462 e. The second-order valence-corrected chi connectivity index (χ2v) is 7.52. The van der Waals surface area contributed by atoms with Crippen LogP contribution in [0.2, 0.25) is 0 Å². The first-order chi connectivity index (χ1) is 11.2. The van der Waals surface area contributed by atoms with Crippen LogP contribution >= 0.6 is 34.4 Å². The monoisotopic (exact) mass is 361 g/mol. The van der Waals surface area contributed by atoms with Crippen molar-refractivity contribution in [1.82, 2.24) is 14.5 Å². The standard InChI is InChI=1S/C15H11N3O2S3/c1-18-14(19)12-10(4-6-21-12)17-15(18)23-8-9-7-22-13(16-9)11-3-2-5-20-11/h2-7H,8H2,1H3. The minimum atomic E-state index is 0.00190. The third kappa shape index (κ3) is 2.73. The lowest BCUT2D eigenvalue weighted by Crippen LogP contribution is -2.18. The van der Waals surface area contributed by atoms with E-state index in [9.17, 15) is 4.79 Å². The summed E-state index contributed by atoms with van der Waals surface area (Å²) in [6, 6.07) is 5.62. The van der Waals surface area contributed by atoms with Crippen LogP contribution in [-0.4, -0.2) is 14.5 Å². The Morgan fingerprint density at radius 2 is 2.22 bits per heavy atom. The molecular weight excluding hydrogens is 350 g/mol. The second kappa shape index (κ2) is 5.95. The smallest absolute Gasteiger partial charge is 0.271 e. The van der Waals surface area contributed by atoms with Crippen LogP contribution in [0.5, 0.6) is 0 Å². The highest BCUT2D eigenvalue weighted by Gasteiger charge is 2.12. The second-order valence-electron chi connectivity index (χ2n) is 4.80. The molecule has 0 N–H and O–H groups in total. The first-order valence-corrected chi connectivity index (χ1v) is 9.52. The van der Waals surface area contributed by atoms with Crippen LogP contribution in [-0.2, 0) is 12.8 Å². The third-order valence-electron chi connectivity index (χ3n) is 3.28. The molecule has 0 aliphatic rings. The summed E-state index contributed by atoms with van der Waals surface area (Å²) < 4.78 is 7.65. The topological polar surface area (TPSA) is 60.9 Å². The van der Waals surface area contributed by atoms with Crippen molar-refractivity contribution in [1.29, 1.82) is 0 Å². The van der Waals surface area contributed by atoms with E-state index in [1.165, 1.54) is 23.1 Å². The van der Waals surface area contributed by atoms with E-state index in [2.05, 4.69) is 9.97 Å². The molecule has 4 heterocycles. The fraction of sp³-hybridized carbons (Fsp3) is 0.133. The number of nitrogens with zero attached hydrogens (tertiary/aromatic N) is 3. The van der Waals surface area contributed by atoms with E-state index in [1.807, 2.05) is 29.0 Å². The molecule has 0 saturated heterocycles. The van der Waals surface area contributed by atoms with E-state index in [-0.39, 0.29) is 5.56 Å². The zero-order valence-electron chi connectivity index (χ0n) is 12.1. The highest BCUT2D eigenvalue weighted by Crippen LogP contribution is 2.28. The number of thiazole rings is 1. The minimum absolute atomic E-state index is 0.00190. The number of rotatable bonds is 4. The number of thioether (sulfide) groups is 1. The molecule has 0 saturated carbocycles. The normalized spacial score (nSPS) is 11.3. The maximum absolute atomic E-state index is 12.3. The van der Waals surface area contributed by atoms with Crippen molar-refractivity contribution in [3.63, 3.8) is 0 Å². The molecule has 0 unspecified atom stereocenters. The van der Waals surface area contributed by atoms with Gasteiger partial charge in [0.2, 0.25) is 0 Å². The molecule has 0 spiro atoms. The number of hydrogen-bond donors (Lipinski definition) is 0. The summed E-state index contributed by atoms with van der Waals surface area (Å²) in [5.41, 5.74) is 1.71. The molecule has 23 heavy (non-hydrogen) atoms. The zero-order valence-corrected chi connectivity index (χ0v) is 14.5. The highest BCUT2D eigenvalue weighted by molar-refractivity contribution is 7.98. The lowest BCUT2D eigenvalue weighted by atomic mass is 10.5. The van der Waals surface area contributed by atoms with Gasteiger partial charge in [-0.2, -0.15) is 0 Å². The Morgan fingerprint density at radius 3 is 3.04 bits per heavy atom. The van der Waals surface area contributed by atoms with Gasteiger partial charge in [-0.05, 0) is 23.6 Å². The molecule has 0 bridgehead atoms. The van der Waals surface area contributed by atoms with E-state index in [0.29, 0.717) is 15.6 Å². The van der Waals surface area contributed by atoms with E-state index < -0.39 is 0 Å². The predicted octanol–water partition coefficient (Wildman–Crippen LogP) is 4.00. The molecule has 0 aliphatic heterocycles. The van der Waals surface area contributed by atoms with Gasteiger partial charge in [-0.15, -0.1) is 22.7 Å². The first-order valence-electron chi connectivity index (χ1n) is 6.77.